The van der Waals surface area contributed by atoms with Crippen LogP contribution in [0.15, 0.2) is 46.9 Å². The topological polar surface area (TPSA) is 96.5 Å². The molecule has 0 aliphatic carbocycles. The Kier molecular flexibility index (Phi) is 8.01. The molecule has 2 rings (SSSR count). The maximum absolute atomic E-state index is 12.0. The first kappa shape index (κ1) is 21.4. The Morgan fingerprint density at radius 2 is 1.71 bits per heavy atom. The van der Waals surface area contributed by atoms with Gasteiger partial charge in [0.05, 0.1) is 25.3 Å². The Balaban J connectivity index is 1.75. The summed E-state index contributed by atoms with van der Waals surface area (Å²) in [7, 11) is 0. The largest absolute Gasteiger partial charge is 0.462 e. The number of nitrogens with one attached hydrogen (secondary N) is 3. The van der Waals surface area contributed by atoms with Crippen LogP contribution in [0.2, 0.25) is 0 Å². The first-order valence-electron chi connectivity index (χ1n) is 8.72. The highest BCUT2D eigenvalue weighted by atomic mass is 79.9. The summed E-state index contributed by atoms with van der Waals surface area (Å²) in [5.41, 5.74) is 2.74. The van der Waals surface area contributed by atoms with Gasteiger partial charge in [0.1, 0.15) is 0 Å². The Labute approximate surface area is 172 Å². The van der Waals surface area contributed by atoms with Crippen LogP contribution in [0, 0.1) is 6.92 Å². The first-order valence-corrected chi connectivity index (χ1v) is 9.52. The van der Waals surface area contributed by atoms with Crippen molar-refractivity contribution >= 4 is 45.1 Å². The molecule has 2 aromatic carbocycles. The molecule has 0 atom stereocenters. The van der Waals surface area contributed by atoms with Gasteiger partial charge in [0.2, 0.25) is 11.8 Å². The molecular weight excluding hydrogens is 426 g/mol. The van der Waals surface area contributed by atoms with Gasteiger partial charge in [-0.1, -0.05) is 15.9 Å². The molecule has 148 valence electrons. The SMILES string of the molecule is CCOC(=O)c1ccc(NCC(=O)NCC(=O)Nc2ccc(Br)cc2C)cc1. The van der Waals surface area contributed by atoms with E-state index in [1.165, 1.54) is 0 Å². The smallest absolute Gasteiger partial charge is 0.338 e. The van der Waals surface area contributed by atoms with E-state index >= 15 is 0 Å². The number of carbonyl (C=O) groups excluding carboxylic acids is 3. The van der Waals surface area contributed by atoms with E-state index < -0.39 is 0 Å². The molecule has 0 saturated heterocycles. The summed E-state index contributed by atoms with van der Waals surface area (Å²) in [6.07, 6.45) is 0. The molecule has 0 aliphatic heterocycles. The fraction of sp³-hybridized carbons (Fsp3) is 0.250. The molecule has 28 heavy (non-hydrogen) atoms. The second-order valence-corrected chi connectivity index (χ2v) is 6.85. The van der Waals surface area contributed by atoms with E-state index in [1.807, 2.05) is 19.1 Å². The van der Waals surface area contributed by atoms with Crippen LogP contribution in [0.25, 0.3) is 0 Å². The summed E-state index contributed by atoms with van der Waals surface area (Å²) in [4.78, 5) is 35.5. The highest BCUT2D eigenvalue weighted by molar-refractivity contribution is 9.10. The van der Waals surface area contributed by atoms with Crippen LogP contribution in [-0.4, -0.2) is 37.5 Å². The molecule has 0 unspecified atom stereocenters. The summed E-state index contributed by atoms with van der Waals surface area (Å²) < 4.78 is 5.84. The third-order valence-electron chi connectivity index (χ3n) is 3.76. The van der Waals surface area contributed by atoms with Crippen LogP contribution < -0.4 is 16.0 Å². The van der Waals surface area contributed by atoms with Gasteiger partial charge in [-0.2, -0.15) is 0 Å². The van der Waals surface area contributed by atoms with Crippen LogP contribution in [-0.2, 0) is 14.3 Å². The fourth-order valence-corrected chi connectivity index (χ4v) is 2.80. The Hall–Kier alpha value is -2.87. The summed E-state index contributed by atoms with van der Waals surface area (Å²) in [5.74, 6) is -1.02. The maximum atomic E-state index is 12.0. The van der Waals surface area contributed by atoms with Crippen molar-refractivity contribution in [3.05, 3.63) is 58.1 Å². The molecule has 2 amide bonds. The van der Waals surface area contributed by atoms with Gasteiger partial charge in [-0.15, -0.1) is 0 Å². The van der Waals surface area contributed by atoms with Crippen molar-refractivity contribution in [3.63, 3.8) is 0 Å². The average molecular weight is 448 g/mol. The highest BCUT2D eigenvalue weighted by Gasteiger charge is 2.09. The summed E-state index contributed by atoms with van der Waals surface area (Å²) in [6, 6.07) is 12.1. The Bertz CT molecular complexity index is 853. The van der Waals surface area contributed by atoms with E-state index in [0.717, 1.165) is 10.0 Å². The predicted molar refractivity (Wildman–Crippen MR) is 111 cm³/mol. The molecule has 0 aliphatic rings. The number of hydrogen-bond acceptors (Lipinski definition) is 5. The average Bonchev–Trinajstić information content (AvgIpc) is 2.67. The molecule has 0 fully saturated rings. The lowest BCUT2D eigenvalue weighted by Gasteiger charge is -2.10. The van der Waals surface area contributed by atoms with Crippen molar-refractivity contribution < 1.29 is 19.1 Å². The van der Waals surface area contributed by atoms with Gasteiger partial charge in [0, 0.05) is 15.8 Å². The molecule has 0 bridgehead atoms. The molecule has 2 aromatic rings. The van der Waals surface area contributed by atoms with Gasteiger partial charge in [0.15, 0.2) is 0 Å². The number of benzene rings is 2. The maximum Gasteiger partial charge on any atom is 0.338 e. The molecule has 0 spiro atoms. The van der Waals surface area contributed by atoms with Crippen LogP contribution in [0.5, 0.6) is 0 Å². The van der Waals surface area contributed by atoms with Gasteiger partial charge >= 0.3 is 5.97 Å². The van der Waals surface area contributed by atoms with Crippen LogP contribution >= 0.6 is 15.9 Å². The molecular formula is C20H22BrN3O4. The van der Waals surface area contributed by atoms with Crippen molar-refractivity contribution in [2.24, 2.45) is 0 Å². The third kappa shape index (κ3) is 6.70. The van der Waals surface area contributed by atoms with Gasteiger partial charge in [0.25, 0.3) is 0 Å². The number of carbonyl (C=O) groups is 3. The number of hydrogen-bond donors (Lipinski definition) is 3. The van der Waals surface area contributed by atoms with Crippen molar-refractivity contribution in [3.8, 4) is 0 Å². The van der Waals surface area contributed by atoms with E-state index in [1.54, 1.807) is 37.3 Å². The normalized spacial score (nSPS) is 10.1. The number of aryl methyl sites for hydroxylation is 1. The van der Waals surface area contributed by atoms with Crippen molar-refractivity contribution in [1.82, 2.24) is 5.32 Å². The van der Waals surface area contributed by atoms with Crippen molar-refractivity contribution in [2.45, 2.75) is 13.8 Å². The standard InChI is InChI=1S/C20H22BrN3O4/c1-3-28-20(27)14-4-7-16(8-5-14)22-11-18(25)23-12-19(26)24-17-9-6-15(21)10-13(17)2/h4-10,22H,3,11-12H2,1-2H3,(H,23,25)(H,24,26). The minimum atomic E-state index is -0.390. The molecule has 0 heterocycles. The first-order chi connectivity index (χ1) is 13.4. The fourth-order valence-electron chi connectivity index (χ4n) is 2.32. The van der Waals surface area contributed by atoms with E-state index in [-0.39, 0.29) is 30.9 Å². The van der Waals surface area contributed by atoms with E-state index in [9.17, 15) is 14.4 Å². The number of rotatable bonds is 8. The summed E-state index contributed by atoms with van der Waals surface area (Å²) in [5, 5.41) is 8.24. The molecule has 0 saturated carbocycles. The third-order valence-corrected chi connectivity index (χ3v) is 4.25. The summed E-state index contributed by atoms with van der Waals surface area (Å²) in [6.45, 7) is 3.82. The number of anilines is 2. The molecule has 8 heteroatoms. The van der Waals surface area contributed by atoms with Gasteiger partial charge in [-0.05, 0) is 61.9 Å². The number of amides is 2. The number of ether oxygens (including phenoxy) is 1. The lowest BCUT2D eigenvalue weighted by Crippen LogP contribution is -2.36. The van der Waals surface area contributed by atoms with Crippen LogP contribution in [0.1, 0.15) is 22.8 Å². The second-order valence-electron chi connectivity index (χ2n) is 5.94. The second kappa shape index (κ2) is 10.5. The lowest BCUT2D eigenvalue weighted by atomic mass is 10.2. The van der Waals surface area contributed by atoms with Gasteiger partial charge < -0.3 is 20.7 Å². The number of halogens is 1. The Morgan fingerprint density at radius 3 is 2.36 bits per heavy atom. The molecule has 3 N–H and O–H groups in total. The zero-order chi connectivity index (χ0) is 20.5. The quantitative estimate of drug-likeness (QED) is 0.540. The van der Waals surface area contributed by atoms with E-state index in [2.05, 4.69) is 31.9 Å². The molecule has 0 radical (unpaired) electrons. The predicted octanol–water partition coefficient (Wildman–Crippen LogP) is 3.10. The zero-order valence-corrected chi connectivity index (χ0v) is 17.3. The van der Waals surface area contributed by atoms with Crippen LogP contribution in [0.4, 0.5) is 11.4 Å². The lowest BCUT2D eigenvalue weighted by molar-refractivity contribution is -0.122. The minimum absolute atomic E-state index is 0.00332. The molecule has 0 aromatic heterocycles. The molecule has 7 nitrogen and oxygen atoms in total. The monoisotopic (exact) mass is 447 g/mol. The van der Waals surface area contributed by atoms with E-state index in [0.29, 0.717) is 23.5 Å². The van der Waals surface area contributed by atoms with Crippen molar-refractivity contribution in [1.29, 1.82) is 0 Å². The van der Waals surface area contributed by atoms with Gasteiger partial charge in [-0.25, -0.2) is 4.79 Å². The minimum Gasteiger partial charge on any atom is -0.462 e. The van der Waals surface area contributed by atoms with Crippen LogP contribution in [0.3, 0.4) is 0 Å². The van der Waals surface area contributed by atoms with E-state index in [4.69, 9.17) is 4.74 Å². The highest BCUT2D eigenvalue weighted by Crippen LogP contribution is 2.19. The van der Waals surface area contributed by atoms with Crippen molar-refractivity contribution in [2.75, 3.05) is 30.3 Å². The summed E-state index contributed by atoms with van der Waals surface area (Å²) >= 11 is 3.37. The Morgan fingerprint density at radius 1 is 1.00 bits per heavy atom. The van der Waals surface area contributed by atoms with Gasteiger partial charge in [-0.3, -0.25) is 9.59 Å². The number of esters is 1. The zero-order valence-electron chi connectivity index (χ0n) is 15.7.